The summed E-state index contributed by atoms with van der Waals surface area (Å²) in [4.78, 5) is 0. The average Bonchev–Trinajstić information content (AvgIpc) is 3.23. The fraction of sp³-hybridized carbons (Fsp3) is 0.519. The molecule has 1 aromatic rings. The second-order valence-corrected chi connectivity index (χ2v) is 8.64. The summed E-state index contributed by atoms with van der Waals surface area (Å²) in [5.41, 5.74) is 2.17. The van der Waals surface area contributed by atoms with Crippen LogP contribution in [0.1, 0.15) is 78.7 Å². The van der Waals surface area contributed by atoms with Crippen LogP contribution in [0.5, 0.6) is 0 Å². The Kier molecular flexibility index (Phi) is 16.2. The summed E-state index contributed by atoms with van der Waals surface area (Å²) < 4.78 is 46.5. The molecule has 0 aromatic carbocycles. The molecule has 204 valence electrons. The van der Waals surface area contributed by atoms with Crippen LogP contribution in [-0.2, 0) is 11.3 Å². The Morgan fingerprint density at radius 1 is 1.25 bits per heavy atom. The lowest BCUT2D eigenvalue weighted by Gasteiger charge is -2.25. The Balaban J connectivity index is 0.00000291. The van der Waals surface area contributed by atoms with Gasteiger partial charge < -0.3 is 10.1 Å². The number of aryl methyl sites for hydroxylation is 1. The number of nitrogens with zero attached hydrogens (tertiary/aromatic N) is 2. The molecule has 1 atom stereocenters. The number of hydrogen-bond donors (Lipinski definition) is 2. The number of alkyl halides is 3. The highest BCUT2D eigenvalue weighted by molar-refractivity contribution is 14.2. The zero-order valence-electron chi connectivity index (χ0n) is 22.4. The maximum absolute atomic E-state index is 13.0. The van der Waals surface area contributed by atoms with Crippen molar-refractivity contribution in [3.8, 4) is 0 Å². The van der Waals surface area contributed by atoms with Gasteiger partial charge in [-0.1, -0.05) is 46.9 Å². The lowest BCUT2D eigenvalue weighted by molar-refractivity contribution is -0.0877. The topological polar surface area (TPSA) is 39.1 Å². The van der Waals surface area contributed by atoms with Crippen molar-refractivity contribution in [1.29, 1.82) is 0 Å². The van der Waals surface area contributed by atoms with Gasteiger partial charge in [0.1, 0.15) is 5.76 Å². The van der Waals surface area contributed by atoms with Gasteiger partial charge in [-0.25, -0.2) is 0 Å². The van der Waals surface area contributed by atoms with Crippen LogP contribution < -0.4 is 5.32 Å². The van der Waals surface area contributed by atoms with E-state index in [1.54, 1.807) is 0 Å². The number of rotatable bonds is 9. The summed E-state index contributed by atoms with van der Waals surface area (Å²) in [6.45, 7) is 21.4. The summed E-state index contributed by atoms with van der Waals surface area (Å²) in [6.07, 6.45) is 4.21. The quantitative estimate of drug-likeness (QED) is 0.123. The van der Waals surface area contributed by atoms with E-state index in [-0.39, 0.29) is 18.1 Å². The lowest BCUT2D eigenvalue weighted by Crippen LogP contribution is -2.26. The Hall–Kier alpha value is -1.62. The molecule has 4 nitrogen and oxygen atoms in total. The van der Waals surface area contributed by atoms with E-state index in [0.717, 1.165) is 36.9 Å². The molecule has 0 saturated carbocycles. The molecule has 0 saturated heterocycles. The van der Waals surface area contributed by atoms with Crippen molar-refractivity contribution in [1.82, 2.24) is 15.1 Å². The van der Waals surface area contributed by atoms with Gasteiger partial charge in [0.05, 0.1) is 23.5 Å². The van der Waals surface area contributed by atoms with Crippen molar-refractivity contribution in [2.75, 3.05) is 0 Å². The Morgan fingerprint density at radius 2 is 1.86 bits per heavy atom. The number of fused-ring (bicyclic) bond motifs is 1. The molecular weight excluding hydrogens is 598 g/mol. The van der Waals surface area contributed by atoms with E-state index in [4.69, 9.17) is 4.74 Å². The van der Waals surface area contributed by atoms with Crippen molar-refractivity contribution in [2.24, 2.45) is 5.92 Å². The predicted molar refractivity (Wildman–Crippen MR) is 158 cm³/mol. The van der Waals surface area contributed by atoms with Crippen molar-refractivity contribution >= 4 is 36.6 Å². The van der Waals surface area contributed by atoms with Gasteiger partial charge in [-0.05, 0) is 90.6 Å². The van der Waals surface area contributed by atoms with Crippen molar-refractivity contribution in [3.63, 3.8) is 0 Å². The van der Waals surface area contributed by atoms with Crippen LogP contribution in [-0.4, -0.2) is 22.1 Å². The number of ether oxygens (including phenoxy) is 1. The van der Waals surface area contributed by atoms with Crippen LogP contribution in [0.3, 0.4) is 0 Å². The van der Waals surface area contributed by atoms with E-state index < -0.39 is 11.7 Å². The first-order valence-corrected chi connectivity index (χ1v) is 15.3. The second kappa shape index (κ2) is 17.0. The van der Waals surface area contributed by atoms with Gasteiger partial charge in [0.25, 0.3) is 0 Å². The molecule has 2 rings (SSSR count). The summed E-state index contributed by atoms with van der Waals surface area (Å²) >= 11 is 1.84. The van der Waals surface area contributed by atoms with E-state index in [1.165, 1.54) is 0 Å². The monoisotopic (exact) mass is 639 g/mol. The number of hydrogen-bond acceptors (Lipinski definition) is 4. The third kappa shape index (κ3) is 11.6. The van der Waals surface area contributed by atoms with Crippen molar-refractivity contribution in [3.05, 3.63) is 71.9 Å². The molecule has 0 bridgehead atoms. The maximum Gasteiger partial charge on any atom is 0.415 e. The number of halogens is 4. The van der Waals surface area contributed by atoms with Crippen LogP contribution in [0, 0.1) is 5.92 Å². The Bertz CT molecular complexity index is 931. The first-order valence-electron chi connectivity index (χ1n) is 12.1. The van der Waals surface area contributed by atoms with Gasteiger partial charge in [-0.15, -0.1) is 9.80 Å². The van der Waals surface area contributed by atoms with E-state index in [0.29, 0.717) is 17.0 Å². The highest BCUT2D eigenvalue weighted by Crippen LogP contribution is 2.33. The van der Waals surface area contributed by atoms with Crippen LogP contribution >= 0.6 is 31.0 Å². The third-order valence-corrected chi connectivity index (χ3v) is 5.06. The minimum atomic E-state index is -4.45. The van der Waals surface area contributed by atoms with Gasteiger partial charge >= 0.3 is 6.18 Å². The molecule has 9 heteroatoms. The van der Waals surface area contributed by atoms with Crippen LogP contribution in [0.2, 0.25) is 0 Å². The third-order valence-electron chi connectivity index (χ3n) is 5.06. The summed E-state index contributed by atoms with van der Waals surface area (Å²) in [6, 6.07) is 1.93. The van der Waals surface area contributed by atoms with Crippen LogP contribution in [0.25, 0.3) is 5.57 Å². The summed E-state index contributed by atoms with van der Waals surface area (Å²) in [5.74, 6) is 0.475. The van der Waals surface area contributed by atoms with Gasteiger partial charge in [0.15, 0.2) is 0 Å². The minimum Gasteiger partial charge on any atom is -0.492 e. The smallest absolute Gasteiger partial charge is 0.415 e. The van der Waals surface area contributed by atoms with E-state index in [1.807, 2.05) is 98.6 Å². The largest absolute Gasteiger partial charge is 0.492 e. The minimum absolute atomic E-state index is 0.0315. The molecule has 1 aliphatic heterocycles. The van der Waals surface area contributed by atoms with Gasteiger partial charge in [0, 0.05) is 17.8 Å². The van der Waals surface area contributed by atoms with E-state index in [9.17, 15) is 13.2 Å². The SMILES string of the molecule is C=C(/C=C\C=C(/C)NC1CCCn2nc(/C(=C/C(=C)C(F)(F)F)C(C)C)cc21)OC(C)C.CC.SI. The molecule has 1 aromatic heterocycles. The standard InChI is InChI=1S/C25H34F3N3O.C2H6.HIS/c1-16(2)21(14-18(5)25(26,27)28)23-15-24-22(12-9-13-31(24)30-23)29-19(6)10-8-11-20(7)32-17(3)4;2*1-2/h8,10-11,14-17,22,29H,5,7,9,12-13H2,1-4,6H3;1-2H3;2H/b11-8-,19-10+,21-14+;;. The number of nitrogens with one attached hydrogen (secondary N) is 1. The average molecular weight is 640 g/mol. The fourth-order valence-electron chi connectivity index (χ4n) is 3.54. The van der Waals surface area contributed by atoms with Crippen molar-refractivity contribution < 1.29 is 17.9 Å². The van der Waals surface area contributed by atoms with Gasteiger partial charge in [-0.2, -0.15) is 18.3 Å². The first-order chi connectivity index (χ1) is 16.9. The number of allylic oxidation sites excluding steroid dienone is 7. The number of thiol groups is 1. The first kappa shape index (κ1) is 34.4. The highest BCUT2D eigenvalue weighted by Gasteiger charge is 2.31. The molecule has 1 N–H and O–H groups in total. The molecule has 0 fully saturated rings. The van der Waals surface area contributed by atoms with E-state index in [2.05, 4.69) is 33.4 Å². The molecule has 2 heterocycles. The van der Waals surface area contributed by atoms with Crippen LogP contribution in [0.4, 0.5) is 13.2 Å². The molecule has 36 heavy (non-hydrogen) atoms. The molecule has 0 amide bonds. The molecule has 0 aliphatic carbocycles. The lowest BCUT2D eigenvalue weighted by atomic mass is 9.96. The Labute approximate surface area is 232 Å². The predicted octanol–water partition coefficient (Wildman–Crippen LogP) is 9.16. The molecular formula is C27H41F3IN3OS. The molecule has 1 aliphatic rings. The molecule has 0 spiro atoms. The fourth-order valence-corrected chi connectivity index (χ4v) is 3.54. The van der Waals surface area contributed by atoms with Crippen LogP contribution in [0.15, 0.2) is 60.6 Å². The highest BCUT2D eigenvalue weighted by atomic mass is 127. The summed E-state index contributed by atoms with van der Waals surface area (Å²) in [7, 11) is 3.50. The molecule has 1 unspecified atom stereocenters. The zero-order chi connectivity index (χ0) is 28.1. The van der Waals surface area contributed by atoms with Gasteiger partial charge in [-0.3, -0.25) is 4.68 Å². The maximum atomic E-state index is 13.0. The summed E-state index contributed by atoms with van der Waals surface area (Å²) in [5, 5.41) is 8.11. The van der Waals surface area contributed by atoms with E-state index >= 15 is 0 Å². The van der Waals surface area contributed by atoms with Gasteiger partial charge in [0.2, 0.25) is 0 Å². The molecule has 0 radical (unpaired) electrons. The van der Waals surface area contributed by atoms with Crippen molar-refractivity contribution in [2.45, 2.75) is 86.2 Å². The Morgan fingerprint density at radius 3 is 2.39 bits per heavy atom. The zero-order valence-corrected chi connectivity index (χ0v) is 25.5. The second-order valence-electron chi connectivity index (χ2n) is 8.64. The number of aromatic nitrogens is 2. The normalized spacial score (nSPS) is 16.1.